The van der Waals surface area contributed by atoms with Crippen molar-refractivity contribution in [3.63, 3.8) is 0 Å². The van der Waals surface area contributed by atoms with Gasteiger partial charge in [0, 0.05) is 0 Å². The van der Waals surface area contributed by atoms with E-state index in [9.17, 15) is 13.2 Å². The molecule has 0 aliphatic rings. The van der Waals surface area contributed by atoms with Gasteiger partial charge in [-0.1, -0.05) is 0 Å². The molecule has 0 fully saturated rings. The van der Waals surface area contributed by atoms with Gasteiger partial charge in [-0.2, -0.15) is 8.78 Å². The van der Waals surface area contributed by atoms with E-state index in [0.29, 0.717) is 12.8 Å². The van der Waals surface area contributed by atoms with Gasteiger partial charge in [0.05, 0.1) is 11.2 Å². The number of allylic oxidation sites excluding steroid dienone is 1. The lowest BCUT2D eigenvalue weighted by atomic mass is 10.2. The number of halogens is 4. The van der Waals surface area contributed by atoms with Crippen molar-refractivity contribution in [3.8, 4) is 0 Å². The van der Waals surface area contributed by atoms with Crippen LogP contribution in [0, 0.1) is 0 Å². The lowest BCUT2D eigenvalue weighted by Crippen LogP contribution is -1.79. The fourth-order valence-corrected chi connectivity index (χ4v) is 0.750. The predicted molar refractivity (Wildman–Crippen MR) is 38.0 cm³/mol. The second-order valence-electron chi connectivity index (χ2n) is 1.81. The van der Waals surface area contributed by atoms with Crippen molar-refractivity contribution in [2.45, 2.75) is 19.3 Å². The Morgan fingerprint density at radius 2 is 1.80 bits per heavy atom. The Hall–Kier alpha value is 0.01000. The summed E-state index contributed by atoms with van der Waals surface area (Å²) in [6.45, 7) is -0.436. The number of hydrogen-bond acceptors (Lipinski definition) is 0. The van der Waals surface area contributed by atoms with Crippen LogP contribution in [0.5, 0.6) is 0 Å². The fourth-order valence-electron chi connectivity index (χ4n) is 0.469. The van der Waals surface area contributed by atoms with Crippen molar-refractivity contribution in [1.29, 1.82) is 0 Å². The van der Waals surface area contributed by atoms with E-state index in [1.54, 1.807) is 0 Å². The van der Waals surface area contributed by atoms with Crippen molar-refractivity contribution in [1.82, 2.24) is 0 Å². The molecule has 0 aromatic carbocycles. The summed E-state index contributed by atoms with van der Waals surface area (Å²) in [6.07, 6.45) is -0.665. The summed E-state index contributed by atoms with van der Waals surface area (Å²) in [6, 6.07) is 0. The second-order valence-corrected chi connectivity index (χ2v) is 2.77. The average Bonchev–Trinajstić information content (AvgIpc) is 1.88. The van der Waals surface area contributed by atoms with Crippen LogP contribution in [0.2, 0.25) is 0 Å². The molecule has 0 aliphatic carbocycles. The van der Waals surface area contributed by atoms with Crippen LogP contribution in [0.3, 0.4) is 0 Å². The third-order valence-corrected chi connectivity index (χ3v) is 1.68. The minimum Gasteiger partial charge on any atom is -0.251 e. The van der Waals surface area contributed by atoms with Gasteiger partial charge in [0.1, 0.15) is 0 Å². The highest BCUT2D eigenvalue weighted by atomic mass is 79.9. The third-order valence-electron chi connectivity index (χ3n) is 0.985. The molecule has 60 valence electrons. The maximum Gasteiger partial charge on any atom is 0.280 e. The van der Waals surface area contributed by atoms with Gasteiger partial charge in [0.15, 0.2) is 0 Å². The standard InChI is InChI=1S/C6H8BrF3/c7-5(6(9)10)3-1-2-4-8/h1-4H2. The van der Waals surface area contributed by atoms with Crippen molar-refractivity contribution >= 4 is 15.9 Å². The largest absolute Gasteiger partial charge is 0.280 e. The van der Waals surface area contributed by atoms with E-state index in [1.165, 1.54) is 0 Å². The van der Waals surface area contributed by atoms with Crippen LogP contribution < -0.4 is 0 Å². The van der Waals surface area contributed by atoms with E-state index < -0.39 is 12.8 Å². The van der Waals surface area contributed by atoms with E-state index in [1.807, 2.05) is 0 Å². The average molecular weight is 217 g/mol. The van der Waals surface area contributed by atoms with Crippen LogP contribution in [0.25, 0.3) is 0 Å². The Kier molecular flexibility index (Phi) is 5.78. The lowest BCUT2D eigenvalue weighted by Gasteiger charge is -1.94. The maximum atomic E-state index is 11.6. The van der Waals surface area contributed by atoms with E-state index in [0.717, 1.165) is 0 Å². The molecule has 0 amide bonds. The van der Waals surface area contributed by atoms with Crippen LogP contribution in [-0.2, 0) is 0 Å². The van der Waals surface area contributed by atoms with Crippen molar-refractivity contribution in [2.75, 3.05) is 6.67 Å². The molecule has 0 saturated heterocycles. The van der Waals surface area contributed by atoms with Gasteiger partial charge >= 0.3 is 0 Å². The Morgan fingerprint density at radius 1 is 1.20 bits per heavy atom. The Bertz CT molecular complexity index is 118. The van der Waals surface area contributed by atoms with Gasteiger partial charge < -0.3 is 0 Å². The van der Waals surface area contributed by atoms with Crippen molar-refractivity contribution in [2.24, 2.45) is 0 Å². The fraction of sp³-hybridized carbons (Fsp3) is 0.667. The number of unbranched alkanes of at least 4 members (excludes halogenated alkanes) is 1. The minimum absolute atomic E-state index is 0.110. The third kappa shape index (κ3) is 4.85. The summed E-state index contributed by atoms with van der Waals surface area (Å²) in [5.74, 6) is 0. The molecule has 0 saturated carbocycles. The van der Waals surface area contributed by atoms with Gasteiger partial charge in [-0.15, -0.1) is 0 Å². The molecule has 0 aromatic heterocycles. The molecule has 0 unspecified atom stereocenters. The summed E-state index contributed by atoms with van der Waals surface area (Å²) in [5.41, 5.74) is 0. The summed E-state index contributed by atoms with van der Waals surface area (Å²) < 4.78 is 34.5. The first-order chi connectivity index (χ1) is 4.68. The smallest absolute Gasteiger partial charge is 0.251 e. The summed E-state index contributed by atoms with van der Waals surface area (Å²) in [4.78, 5) is 0. The predicted octanol–water partition coefficient (Wildman–Crippen LogP) is 3.63. The zero-order chi connectivity index (χ0) is 7.98. The number of alkyl halides is 1. The molecule has 0 aromatic rings. The van der Waals surface area contributed by atoms with Crippen LogP contribution in [0.4, 0.5) is 13.2 Å². The molecular weight excluding hydrogens is 209 g/mol. The van der Waals surface area contributed by atoms with E-state index >= 15 is 0 Å². The summed E-state index contributed by atoms with van der Waals surface area (Å²) in [7, 11) is 0. The molecule has 0 rings (SSSR count). The molecule has 0 N–H and O–H groups in total. The quantitative estimate of drug-likeness (QED) is 0.630. The van der Waals surface area contributed by atoms with E-state index in [2.05, 4.69) is 15.9 Å². The Labute approximate surface area is 66.2 Å². The van der Waals surface area contributed by atoms with Crippen LogP contribution in [-0.4, -0.2) is 6.67 Å². The monoisotopic (exact) mass is 216 g/mol. The molecule has 0 aliphatic heterocycles. The molecule has 0 bridgehead atoms. The number of rotatable bonds is 4. The highest BCUT2D eigenvalue weighted by Gasteiger charge is 2.00. The zero-order valence-electron chi connectivity index (χ0n) is 5.34. The molecule has 10 heavy (non-hydrogen) atoms. The molecule has 0 nitrogen and oxygen atoms in total. The van der Waals surface area contributed by atoms with Crippen molar-refractivity contribution < 1.29 is 13.2 Å². The van der Waals surface area contributed by atoms with Crippen molar-refractivity contribution in [3.05, 3.63) is 10.6 Å². The van der Waals surface area contributed by atoms with E-state index in [4.69, 9.17) is 0 Å². The number of hydrogen-bond donors (Lipinski definition) is 0. The van der Waals surface area contributed by atoms with Gasteiger partial charge in [0.2, 0.25) is 0 Å². The first kappa shape index (κ1) is 10.0. The highest BCUT2D eigenvalue weighted by molar-refractivity contribution is 9.11. The van der Waals surface area contributed by atoms with Crippen LogP contribution in [0.15, 0.2) is 10.6 Å². The van der Waals surface area contributed by atoms with Gasteiger partial charge in [-0.05, 0) is 35.2 Å². The van der Waals surface area contributed by atoms with Crippen LogP contribution >= 0.6 is 15.9 Å². The summed E-state index contributed by atoms with van der Waals surface area (Å²) >= 11 is 2.68. The maximum absolute atomic E-state index is 11.6. The van der Waals surface area contributed by atoms with Gasteiger partial charge in [-0.3, -0.25) is 4.39 Å². The topological polar surface area (TPSA) is 0 Å². The second kappa shape index (κ2) is 5.77. The Balaban J connectivity index is 3.40. The summed E-state index contributed by atoms with van der Waals surface area (Å²) in [5, 5.41) is 0. The lowest BCUT2D eigenvalue weighted by molar-refractivity contribution is 0.411. The first-order valence-electron chi connectivity index (χ1n) is 2.94. The molecule has 0 spiro atoms. The van der Waals surface area contributed by atoms with Crippen LogP contribution in [0.1, 0.15) is 19.3 Å². The SMILES string of the molecule is FCCCCC(Br)=C(F)F. The minimum atomic E-state index is -1.71. The molecule has 4 heteroatoms. The molecular formula is C6H8BrF3. The zero-order valence-corrected chi connectivity index (χ0v) is 6.93. The highest BCUT2D eigenvalue weighted by Crippen LogP contribution is 2.20. The normalized spacial score (nSPS) is 9.60. The Morgan fingerprint density at radius 3 is 2.20 bits per heavy atom. The van der Waals surface area contributed by atoms with Gasteiger partial charge in [-0.25, -0.2) is 0 Å². The molecule has 0 heterocycles. The molecule has 0 atom stereocenters. The molecule has 0 radical (unpaired) electrons. The van der Waals surface area contributed by atoms with E-state index in [-0.39, 0.29) is 10.9 Å². The first-order valence-corrected chi connectivity index (χ1v) is 3.73. The van der Waals surface area contributed by atoms with Gasteiger partial charge in [0.25, 0.3) is 6.08 Å².